The smallest absolute Gasteiger partial charge is 0.227 e. The summed E-state index contributed by atoms with van der Waals surface area (Å²) >= 11 is 0. The van der Waals surface area contributed by atoms with Crippen LogP contribution in [0.2, 0.25) is 0 Å². The number of hydrogen-bond acceptors (Lipinski definition) is 4. The summed E-state index contributed by atoms with van der Waals surface area (Å²) < 4.78 is 22.9. The van der Waals surface area contributed by atoms with Gasteiger partial charge in [-0.3, -0.25) is 9.59 Å². The third-order valence-corrected chi connectivity index (χ3v) is 6.21. The van der Waals surface area contributed by atoms with Gasteiger partial charge in [0.15, 0.2) is 9.84 Å². The van der Waals surface area contributed by atoms with Crippen molar-refractivity contribution in [3.8, 4) is 0 Å². The third-order valence-electron chi connectivity index (χ3n) is 5.08. The number of benzene rings is 1. The number of carbonyl (C=O) groups excluding carboxylic acids is 2. The van der Waals surface area contributed by atoms with Gasteiger partial charge in [-0.25, -0.2) is 8.42 Å². The number of fused-ring (bicyclic) bond motifs is 1. The first-order chi connectivity index (χ1) is 11.3. The molecule has 0 aliphatic carbocycles. The standard InChI is InChI=1S/C17H22N2O4S/c1-18-15-7-8-19(11-13(15)10-16(18)20)17(21)9-12-3-5-14(6-4-12)24(2,22)23/h3-6,13,15H,7-11H2,1-2H3/t13-,15+/m1/s1. The molecule has 2 saturated heterocycles. The third kappa shape index (κ3) is 3.31. The SMILES string of the molecule is CN1C(=O)C[C@@H]2CN(C(=O)Cc3ccc(S(C)(=O)=O)cc3)CC[C@@H]21. The number of amides is 2. The molecule has 0 saturated carbocycles. The van der Waals surface area contributed by atoms with Crippen LogP contribution in [0, 0.1) is 5.92 Å². The van der Waals surface area contributed by atoms with Gasteiger partial charge in [-0.1, -0.05) is 12.1 Å². The van der Waals surface area contributed by atoms with Crippen molar-refractivity contribution in [1.29, 1.82) is 0 Å². The van der Waals surface area contributed by atoms with E-state index in [4.69, 9.17) is 0 Å². The van der Waals surface area contributed by atoms with Crippen molar-refractivity contribution in [3.63, 3.8) is 0 Å². The lowest BCUT2D eigenvalue weighted by Gasteiger charge is -2.36. The predicted molar refractivity (Wildman–Crippen MR) is 89.1 cm³/mol. The van der Waals surface area contributed by atoms with Gasteiger partial charge in [0.1, 0.15) is 0 Å². The Morgan fingerprint density at radius 2 is 1.92 bits per heavy atom. The second-order valence-electron chi connectivity index (χ2n) is 6.76. The molecule has 24 heavy (non-hydrogen) atoms. The molecule has 0 spiro atoms. The minimum Gasteiger partial charge on any atom is -0.342 e. The van der Waals surface area contributed by atoms with E-state index in [-0.39, 0.29) is 35.1 Å². The topological polar surface area (TPSA) is 74.8 Å². The van der Waals surface area contributed by atoms with E-state index in [0.29, 0.717) is 19.5 Å². The number of rotatable bonds is 3. The summed E-state index contributed by atoms with van der Waals surface area (Å²) in [5.41, 5.74) is 0.800. The molecule has 1 aromatic rings. The Morgan fingerprint density at radius 1 is 1.25 bits per heavy atom. The molecule has 6 nitrogen and oxygen atoms in total. The maximum Gasteiger partial charge on any atom is 0.227 e. The van der Waals surface area contributed by atoms with Crippen LogP contribution in [-0.4, -0.2) is 62.5 Å². The van der Waals surface area contributed by atoms with Crippen LogP contribution in [0.3, 0.4) is 0 Å². The summed E-state index contributed by atoms with van der Waals surface area (Å²) in [6, 6.07) is 6.71. The van der Waals surface area contributed by atoms with E-state index >= 15 is 0 Å². The van der Waals surface area contributed by atoms with Gasteiger partial charge in [0.25, 0.3) is 0 Å². The normalized spacial score (nSPS) is 24.2. The largest absolute Gasteiger partial charge is 0.342 e. The monoisotopic (exact) mass is 350 g/mol. The molecule has 2 amide bonds. The number of likely N-dealkylation sites (tertiary alicyclic amines) is 2. The van der Waals surface area contributed by atoms with Crippen molar-refractivity contribution in [1.82, 2.24) is 9.80 Å². The fourth-order valence-electron chi connectivity index (χ4n) is 3.65. The van der Waals surface area contributed by atoms with Crippen LogP contribution >= 0.6 is 0 Å². The molecular formula is C17H22N2O4S. The average molecular weight is 350 g/mol. The zero-order valence-corrected chi connectivity index (χ0v) is 14.8. The predicted octanol–water partition coefficient (Wildman–Crippen LogP) is 0.712. The fourth-order valence-corrected chi connectivity index (χ4v) is 4.28. The molecular weight excluding hydrogens is 328 g/mol. The van der Waals surface area contributed by atoms with Crippen LogP contribution in [0.25, 0.3) is 0 Å². The van der Waals surface area contributed by atoms with Crippen molar-refractivity contribution in [2.75, 3.05) is 26.4 Å². The van der Waals surface area contributed by atoms with Crippen molar-refractivity contribution in [2.45, 2.75) is 30.2 Å². The van der Waals surface area contributed by atoms with Gasteiger partial charge in [0.05, 0.1) is 11.3 Å². The van der Waals surface area contributed by atoms with Crippen molar-refractivity contribution in [2.24, 2.45) is 5.92 Å². The molecule has 0 N–H and O–H groups in total. The van der Waals surface area contributed by atoms with Gasteiger partial charge in [-0.05, 0) is 24.1 Å². The van der Waals surface area contributed by atoms with Crippen LogP contribution in [0.15, 0.2) is 29.2 Å². The van der Waals surface area contributed by atoms with Gasteiger partial charge in [0.2, 0.25) is 11.8 Å². The van der Waals surface area contributed by atoms with Gasteiger partial charge in [-0.15, -0.1) is 0 Å². The van der Waals surface area contributed by atoms with Crippen LogP contribution in [-0.2, 0) is 25.8 Å². The van der Waals surface area contributed by atoms with Crippen molar-refractivity contribution in [3.05, 3.63) is 29.8 Å². The van der Waals surface area contributed by atoms with E-state index in [1.54, 1.807) is 12.1 Å². The number of carbonyl (C=O) groups is 2. The molecule has 1 aromatic carbocycles. The van der Waals surface area contributed by atoms with Gasteiger partial charge in [-0.2, -0.15) is 0 Å². The molecule has 7 heteroatoms. The number of piperidine rings is 1. The van der Waals surface area contributed by atoms with Crippen molar-refractivity contribution >= 4 is 21.7 Å². The summed E-state index contributed by atoms with van der Waals surface area (Å²) in [5, 5.41) is 0. The summed E-state index contributed by atoms with van der Waals surface area (Å²) in [5.74, 6) is 0.422. The van der Waals surface area contributed by atoms with E-state index in [1.165, 1.54) is 12.1 Å². The lowest BCUT2D eigenvalue weighted by atomic mass is 9.92. The Hall–Kier alpha value is -1.89. The first kappa shape index (κ1) is 17.0. The maximum atomic E-state index is 12.5. The zero-order chi connectivity index (χ0) is 17.5. The van der Waals surface area contributed by atoms with Gasteiger partial charge < -0.3 is 9.80 Å². The number of sulfone groups is 1. The minimum absolute atomic E-state index is 0.0301. The van der Waals surface area contributed by atoms with Crippen LogP contribution < -0.4 is 0 Å². The first-order valence-electron chi connectivity index (χ1n) is 8.08. The summed E-state index contributed by atoms with van der Waals surface area (Å²) in [6.45, 7) is 1.29. The van der Waals surface area contributed by atoms with Crippen LogP contribution in [0.4, 0.5) is 0 Å². The zero-order valence-electron chi connectivity index (χ0n) is 13.9. The lowest BCUT2D eigenvalue weighted by Crippen LogP contribution is -2.47. The van der Waals surface area contributed by atoms with E-state index in [1.807, 2.05) is 16.8 Å². The Morgan fingerprint density at radius 3 is 2.54 bits per heavy atom. The maximum absolute atomic E-state index is 12.5. The minimum atomic E-state index is -3.22. The molecule has 2 heterocycles. The second kappa shape index (κ2) is 6.20. The molecule has 0 aromatic heterocycles. The molecule has 0 bridgehead atoms. The Bertz CT molecular complexity index is 757. The molecule has 130 valence electrons. The Labute approximate surface area is 142 Å². The molecule has 0 unspecified atom stereocenters. The Kier molecular flexibility index (Phi) is 4.38. The van der Waals surface area contributed by atoms with E-state index in [9.17, 15) is 18.0 Å². The molecule has 2 aliphatic heterocycles. The molecule has 3 rings (SSSR count). The van der Waals surface area contributed by atoms with Crippen molar-refractivity contribution < 1.29 is 18.0 Å². The quantitative estimate of drug-likeness (QED) is 0.805. The second-order valence-corrected chi connectivity index (χ2v) is 8.77. The lowest BCUT2D eigenvalue weighted by molar-refractivity contribution is -0.132. The van der Waals surface area contributed by atoms with E-state index in [2.05, 4.69) is 0 Å². The highest BCUT2D eigenvalue weighted by molar-refractivity contribution is 7.90. The average Bonchev–Trinajstić information content (AvgIpc) is 2.81. The Balaban J connectivity index is 1.63. The molecule has 2 atom stereocenters. The fraction of sp³-hybridized carbons (Fsp3) is 0.529. The van der Waals surface area contributed by atoms with Crippen LogP contribution in [0.5, 0.6) is 0 Å². The highest BCUT2D eigenvalue weighted by atomic mass is 32.2. The number of hydrogen-bond donors (Lipinski definition) is 0. The van der Waals surface area contributed by atoms with Crippen LogP contribution in [0.1, 0.15) is 18.4 Å². The molecule has 0 radical (unpaired) electrons. The summed E-state index contributed by atoms with van der Waals surface area (Å²) in [7, 11) is -1.38. The summed E-state index contributed by atoms with van der Waals surface area (Å²) in [6.07, 6.45) is 2.77. The first-order valence-corrected chi connectivity index (χ1v) is 9.97. The highest BCUT2D eigenvalue weighted by Gasteiger charge is 2.41. The van der Waals surface area contributed by atoms with Gasteiger partial charge in [0, 0.05) is 44.8 Å². The van der Waals surface area contributed by atoms with E-state index < -0.39 is 9.84 Å². The molecule has 2 fully saturated rings. The van der Waals surface area contributed by atoms with Gasteiger partial charge >= 0.3 is 0 Å². The number of nitrogens with zero attached hydrogens (tertiary/aromatic N) is 2. The van der Waals surface area contributed by atoms with E-state index in [0.717, 1.165) is 18.2 Å². The highest BCUT2D eigenvalue weighted by Crippen LogP contribution is 2.31. The summed E-state index contributed by atoms with van der Waals surface area (Å²) in [4.78, 5) is 28.2. The molecule has 2 aliphatic rings.